The normalized spacial score (nSPS) is 29.7. The van der Waals surface area contributed by atoms with E-state index in [9.17, 15) is 34.8 Å². The van der Waals surface area contributed by atoms with E-state index in [0.29, 0.717) is 24.9 Å². The minimum Gasteiger partial charge on any atom is -0.504 e. The largest absolute Gasteiger partial charge is 0.504 e. The fraction of sp³-hybridized carbons (Fsp3) is 0.414. The van der Waals surface area contributed by atoms with Crippen molar-refractivity contribution in [3.63, 3.8) is 0 Å². The average molecular weight is 568 g/mol. The molecule has 5 N–H and O–H groups in total. The minimum absolute atomic E-state index is 0.0644. The molecular weight excluding hydrogens is 538 g/mol. The summed E-state index contributed by atoms with van der Waals surface area (Å²) in [7, 11) is 1.94. The molecule has 12 heteroatoms. The van der Waals surface area contributed by atoms with Gasteiger partial charge in [0.1, 0.15) is 5.76 Å². The van der Waals surface area contributed by atoms with Gasteiger partial charge in [0.2, 0.25) is 6.10 Å². The summed E-state index contributed by atoms with van der Waals surface area (Å²) in [5.74, 6) is -4.26. The van der Waals surface area contributed by atoms with Crippen molar-refractivity contribution in [3.8, 4) is 11.5 Å². The number of carboxylic acids is 1. The van der Waals surface area contributed by atoms with E-state index in [1.807, 2.05) is 13.1 Å². The molecule has 4 aliphatic rings. The van der Waals surface area contributed by atoms with E-state index < -0.39 is 53.3 Å². The number of aromatic hydroxyl groups is 1. The van der Waals surface area contributed by atoms with Crippen molar-refractivity contribution >= 4 is 17.9 Å². The Bertz CT molecular complexity index is 1460. The Morgan fingerprint density at radius 1 is 1.07 bits per heavy atom. The van der Waals surface area contributed by atoms with Crippen molar-refractivity contribution in [2.24, 2.45) is 0 Å². The van der Waals surface area contributed by atoms with Gasteiger partial charge in [-0.15, -0.1) is 0 Å². The number of aliphatic hydroxyl groups excluding tert-OH is 2. The van der Waals surface area contributed by atoms with Gasteiger partial charge < -0.3 is 44.6 Å². The molecule has 1 spiro atoms. The van der Waals surface area contributed by atoms with Crippen molar-refractivity contribution in [2.45, 2.75) is 60.7 Å². The van der Waals surface area contributed by atoms with Crippen LogP contribution in [0.3, 0.4) is 0 Å². The Hall–Kier alpha value is -3.97. The predicted molar refractivity (Wildman–Crippen MR) is 138 cm³/mol. The number of ether oxygens (including phenoxy) is 3. The lowest BCUT2D eigenvalue weighted by atomic mass is 9.50. The summed E-state index contributed by atoms with van der Waals surface area (Å²) in [5, 5.41) is 51.4. The van der Waals surface area contributed by atoms with E-state index in [4.69, 9.17) is 19.3 Å². The lowest BCUT2D eigenvalue weighted by molar-refractivity contribution is -0.183. The number of hydrogen-bond donors (Lipinski definition) is 5. The monoisotopic (exact) mass is 567 g/mol. The topological polar surface area (TPSA) is 183 Å². The third-order valence-corrected chi connectivity index (χ3v) is 8.92. The molecule has 0 unspecified atom stereocenters. The molecule has 0 saturated carbocycles. The van der Waals surface area contributed by atoms with E-state index in [2.05, 4.69) is 4.90 Å². The molecule has 2 aliphatic carbocycles. The predicted octanol–water partition coefficient (Wildman–Crippen LogP) is 0.304. The lowest BCUT2D eigenvalue weighted by Gasteiger charge is -2.61. The molecule has 216 valence electrons. The number of benzene rings is 2. The van der Waals surface area contributed by atoms with Gasteiger partial charge in [-0.3, -0.25) is 0 Å². The van der Waals surface area contributed by atoms with Gasteiger partial charge in [0.15, 0.2) is 29.8 Å². The van der Waals surface area contributed by atoms with Crippen molar-refractivity contribution < 1.29 is 54.1 Å². The average Bonchev–Trinajstić information content (AvgIpc) is 3.32. The maximum Gasteiger partial charge on any atom is 0.357 e. The van der Waals surface area contributed by atoms with E-state index in [0.717, 1.165) is 5.56 Å². The molecule has 41 heavy (non-hydrogen) atoms. The zero-order chi connectivity index (χ0) is 29.3. The summed E-state index contributed by atoms with van der Waals surface area (Å²) in [5.41, 5.74) is -0.503. The highest BCUT2D eigenvalue weighted by Crippen LogP contribution is 2.65. The molecule has 1 saturated heterocycles. The number of carbonyl (C=O) groups is 3. The molecule has 2 aliphatic heterocycles. The number of likely N-dealkylation sites (N-methyl/N-ethyl adjacent to an activating group) is 1. The molecule has 7 atom stereocenters. The third kappa shape index (κ3) is 3.86. The van der Waals surface area contributed by atoms with Crippen LogP contribution in [0.4, 0.5) is 0 Å². The number of carboxylic acid groups (broad SMARTS) is 1. The number of nitrogens with zero attached hydrogens (tertiary/aromatic N) is 1. The number of piperidine rings is 1. The number of phenols is 1. The van der Waals surface area contributed by atoms with Crippen LogP contribution in [0.5, 0.6) is 11.5 Å². The Kier molecular flexibility index (Phi) is 6.34. The molecule has 12 nitrogen and oxygen atoms in total. The smallest absolute Gasteiger partial charge is 0.357 e. The van der Waals surface area contributed by atoms with Gasteiger partial charge in [0.05, 0.1) is 11.0 Å². The third-order valence-electron chi connectivity index (χ3n) is 8.92. The first kappa shape index (κ1) is 27.2. The van der Waals surface area contributed by atoms with E-state index in [1.54, 1.807) is 30.3 Å². The first-order valence-electron chi connectivity index (χ1n) is 13.2. The first-order valence-corrected chi connectivity index (χ1v) is 13.2. The fourth-order valence-corrected chi connectivity index (χ4v) is 6.94. The quantitative estimate of drug-likeness (QED) is 0.289. The summed E-state index contributed by atoms with van der Waals surface area (Å²) < 4.78 is 17.3. The maximum absolute atomic E-state index is 13.6. The fourth-order valence-electron chi connectivity index (χ4n) is 6.94. The van der Waals surface area contributed by atoms with Gasteiger partial charge in [-0.2, -0.15) is 0 Å². The number of esters is 2. The molecule has 0 radical (unpaired) electrons. The van der Waals surface area contributed by atoms with Crippen LogP contribution in [0.25, 0.3) is 0 Å². The van der Waals surface area contributed by atoms with Gasteiger partial charge in [0, 0.05) is 23.6 Å². The summed E-state index contributed by atoms with van der Waals surface area (Å²) >= 11 is 0. The van der Waals surface area contributed by atoms with Gasteiger partial charge in [-0.25, -0.2) is 14.4 Å². The van der Waals surface area contributed by atoms with Crippen LogP contribution < -0.4 is 4.74 Å². The second-order valence-electron chi connectivity index (χ2n) is 11.0. The molecule has 0 aromatic heterocycles. The molecule has 0 amide bonds. The zero-order valence-electron chi connectivity index (χ0n) is 22.0. The summed E-state index contributed by atoms with van der Waals surface area (Å²) in [6.07, 6.45) is -4.95. The zero-order valence-corrected chi connectivity index (χ0v) is 22.0. The number of aliphatic hydroxyl groups is 3. The number of rotatable bonds is 7. The lowest BCUT2D eigenvalue weighted by Crippen LogP contribution is -2.74. The van der Waals surface area contributed by atoms with Crippen LogP contribution in [0, 0.1) is 0 Å². The number of aliphatic carboxylic acids is 1. The SMILES string of the molecule is CN1CC[C@]23c4c5ccc(O)c4O[C@H]2C(OC(=O)[C@@H](OC(=O)[C@H](O)[C@@H](O)C(=O)O)c2ccccc2)=CC[C@@]3(O)[C@H]1C5. The molecule has 1 fully saturated rings. The van der Waals surface area contributed by atoms with E-state index in [-0.39, 0.29) is 35.3 Å². The Morgan fingerprint density at radius 3 is 2.51 bits per heavy atom. The van der Waals surface area contributed by atoms with Crippen molar-refractivity contribution in [3.05, 3.63) is 71.0 Å². The van der Waals surface area contributed by atoms with Gasteiger partial charge in [-0.05, 0) is 44.1 Å². The van der Waals surface area contributed by atoms with Crippen LogP contribution in [0.2, 0.25) is 0 Å². The Balaban J connectivity index is 1.35. The van der Waals surface area contributed by atoms with Crippen LogP contribution in [-0.4, -0.2) is 91.9 Å². The van der Waals surface area contributed by atoms with E-state index in [1.165, 1.54) is 12.1 Å². The highest BCUT2D eigenvalue weighted by molar-refractivity contribution is 5.87. The Morgan fingerprint density at radius 2 is 1.80 bits per heavy atom. The first-order chi connectivity index (χ1) is 19.5. The van der Waals surface area contributed by atoms with Crippen LogP contribution in [-0.2, 0) is 35.7 Å². The van der Waals surface area contributed by atoms with Crippen molar-refractivity contribution in [2.75, 3.05) is 13.6 Å². The number of carbonyl (C=O) groups excluding carboxylic acids is 2. The van der Waals surface area contributed by atoms with Gasteiger partial charge >= 0.3 is 17.9 Å². The van der Waals surface area contributed by atoms with Crippen LogP contribution in [0.15, 0.2) is 54.3 Å². The Labute approximate surface area is 234 Å². The standard InChI is InChI=1S/C29H29NO11/c1-30-12-11-28-19-15-7-8-16(31)23(19)40-24(28)17(9-10-29(28,38)18(30)13-15)39-27(37)22(14-5-3-2-4-6-14)41-26(36)21(33)20(32)25(34)35/h2-9,18,20-22,24,31-33,38H,10-13H2,1H3,(H,34,35)/t18-,20-,21-,22+,24+,28+,29-/m1/s1. The molecule has 2 aromatic rings. The highest BCUT2D eigenvalue weighted by atomic mass is 16.6. The molecule has 2 aromatic carbocycles. The summed E-state index contributed by atoms with van der Waals surface area (Å²) in [6.45, 7) is 0.622. The van der Waals surface area contributed by atoms with Crippen LogP contribution in [0.1, 0.15) is 35.6 Å². The van der Waals surface area contributed by atoms with Crippen molar-refractivity contribution in [1.82, 2.24) is 4.90 Å². The number of likely N-dealkylation sites (tertiary alicyclic amines) is 1. The molecule has 2 heterocycles. The van der Waals surface area contributed by atoms with Gasteiger partial charge in [0.25, 0.3) is 0 Å². The molecule has 2 bridgehead atoms. The summed E-state index contributed by atoms with van der Waals surface area (Å²) in [4.78, 5) is 39.3. The number of phenolic OH excluding ortho intramolecular Hbond substituents is 1. The second-order valence-corrected chi connectivity index (χ2v) is 11.0. The van der Waals surface area contributed by atoms with E-state index >= 15 is 0 Å². The van der Waals surface area contributed by atoms with Gasteiger partial charge in [-0.1, -0.05) is 36.4 Å². The minimum atomic E-state index is -2.47. The summed E-state index contributed by atoms with van der Waals surface area (Å²) in [6, 6.07) is 10.9. The molecular formula is C29H29NO11. The van der Waals surface area contributed by atoms with Crippen LogP contribution >= 0.6 is 0 Å². The second kappa shape index (κ2) is 9.55. The van der Waals surface area contributed by atoms with Crippen molar-refractivity contribution in [1.29, 1.82) is 0 Å². The maximum atomic E-state index is 13.6. The highest BCUT2D eigenvalue weighted by Gasteiger charge is 2.72. The number of hydrogen-bond acceptors (Lipinski definition) is 11. The molecule has 6 rings (SSSR count).